The Kier molecular flexibility index (Phi) is 1.36. The van der Waals surface area contributed by atoms with Crippen LogP contribution in [0.25, 0.3) is 11.0 Å². The van der Waals surface area contributed by atoms with Crippen LogP contribution in [-0.4, -0.2) is 6.54 Å². The first-order valence-electron chi connectivity index (χ1n) is 4.68. The van der Waals surface area contributed by atoms with E-state index in [0.717, 1.165) is 18.5 Å². The fraction of sp³-hybridized carbons (Fsp3) is 0.273. The molecule has 0 spiro atoms. The maximum absolute atomic E-state index is 5.48. The molecule has 1 aliphatic rings. The van der Waals surface area contributed by atoms with Crippen LogP contribution in [0.15, 0.2) is 28.9 Å². The van der Waals surface area contributed by atoms with Crippen LogP contribution in [0, 0.1) is 0 Å². The van der Waals surface area contributed by atoms with Crippen molar-refractivity contribution in [1.29, 1.82) is 0 Å². The Morgan fingerprint density at radius 3 is 3.31 bits per heavy atom. The molecule has 0 radical (unpaired) electrons. The standard InChI is InChI=1S/C11H11NO/c1-4-9-11-8(3-2-6-12-9)7-13-10(11)5-1/h1,4-5,7,12H,2-3,6H2. The van der Waals surface area contributed by atoms with Crippen LogP contribution in [0.4, 0.5) is 5.69 Å². The summed E-state index contributed by atoms with van der Waals surface area (Å²) in [5.41, 5.74) is 3.57. The molecule has 0 fully saturated rings. The van der Waals surface area contributed by atoms with Gasteiger partial charge in [0.25, 0.3) is 0 Å². The Balaban J connectivity index is 2.40. The van der Waals surface area contributed by atoms with E-state index in [-0.39, 0.29) is 0 Å². The van der Waals surface area contributed by atoms with Crippen molar-refractivity contribution >= 4 is 16.7 Å². The van der Waals surface area contributed by atoms with E-state index >= 15 is 0 Å². The van der Waals surface area contributed by atoms with E-state index < -0.39 is 0 Å². The van der Waals surface area contributed by atoms with Crippen molar-refractivity contribution in [3.8, 4) is 0 Å². The van der Waals surface area contributed by atoms with Crippen LogP contribution >= 0.6 is 0 Å². The van der Waals surface area contributed by atoms with Gasteiger partial charge in [0.1, 0.15) is 5.58 Å². The number of rotatable bonds is 0. The monoisotopic (exact) mass is 173 g/mol. The molecular formula is C11H11NO. The molecule has 1 N–H and O–H groups in total. The quantitative estimate of drug-likeness (QED) is 0.662. The van der Waals surface area contributed by atoms with Gasteiger partial charge in [-0.3, -0.25) is 0 Å². The largest absolute Gasteiger partial charge is 0.464 e. The molecule has 0 aliphatic carbocycles. The summed E-state index contributed by atoms with van der Waals surface area (Å²) in [6, 6.07) is 6.17. The van der Waals surface area contributed by atoms with Gasteiger partial charge in [-0.25, -0.2) is 0 Å². The molecule has 0 atom stereocenters. The Morgan fingerprint density at radius 1 is 1.31 bits per heavy atom. The smallest absolute Gasteiger partial charge is 0.136 e. The maximum atomic E-state index is 5.48. The summed E-state index contributed by atoms with van der Waals surface area (Å²) in [5, 5.41) is 4.69. The summed E-state index contributed by atoms with van der Waals surface area (Å²) in [7, 11) is 0. The lowest BCUT2D eigenvalue weighted by atomic mass is 10.1. The first kappa shape index (κ1) is 7.01. The van der Waals surface area contributed by atoms with Crippen molar-refractivity contribution in [2.75, 3.05) is 11.9 Å². The summed E-state index contributed by atoms with van der Waals surface area (Å²) >= 11 is 0. The van der Waals surface area contributed by atoms with Crippen LogP contribution in [-0.2, 0) is 6.42 Å². The van der Waals surface area contributed by atoms with Crippen LogP contribution in [0.2, 0.25) is 0 Å². The summed E-state index contributed by atoms with van der Waals surface area (Å²) in [6.45, 7) is 1.06. The highest BCUT2D eigenvalue weighted by Crippen LogP contribution is 2.31. The fourth-order valence-corrected chi connectivity index (χ4v) is 1.99. The number of benzene rings is 1. The van der Waals surface area contributed by atoms with E-state index in [1.54, 1.807) is 0 Å². The third kappa shape index (κ3) is 0.949. The summed E-state index contributed by atoms with van der Waals surface area (Å²) in [4.78, 5) is 0. The Bertz CT molecular complexity index is 444. The zero-order valence-corrected chi connectivity index (χ0v) is 7.34. The van der Waals surface area contributed by atoms with Gasteiger partial charge in [-0.15, -0.1) is 0 Å². The van der Waals surface area contributed by atoms with E-state index in [4.69, 9.17) is 4.42 Å². The van der Waals surface area contributed by atoms with Crippen molar-refractivity contribution in [2.45, 2.75) is 12.8 Å². The maximum Gasteiger partial charge on any atom is 0.136 e. The average Bonchev–Trinajstić information content (AvgIpc) is 2.44. The zero-order chi connectivity index (χ0) is 8.67. The molecule has 1 aliphatic heterocycles. The van der Waals surface area contributed by atoms with E-state index in [9.17, 15) is 0 Å². The molecule has 66 valence electrons. The summed E-state index contributed by atoms with van der Waals surface area (Å²) in [5.74, 6) is 0. The number of anilines is 1. The SMILES string of the molecule is c1cc2c3c(coc3c1)CCCN2. The molecule has 1 aromatic heterocycles. The van der Waals surface area contributed by atoms with Crippen LogP contribution in [0.5, 0.6) is 0 Å². The first-order valence-corrected chi connectivity index (χ1v) is 4.68. The topological polar surface area (TPSA) is 25.2 Å². The third-order valence-corrected chi connectivity index (χ3v) is 2.61. The normalized spacial score (nSPS) is 15.4. The molecule has 2 heteroatoms. The zero-order valence-electron chi connectivity index (χ0n) is 7.34. The van der Waals surface area contributed by atoms with Gasteiger partial charge in [0.2, 0.25) is 0 Å². The molecule has 2 nitrogen and oxygen atoms in total. The molecule has 13 heavy (non-hydrogen) atoms. The van der Waals surface area contributed by atoms with Gasteiger partial charge < -0.3 is 9.73 Å². The molecule has 0 saturated heterocycles. The Morgan fingerprint density at radius 2 is 2.31 bits per heavy atom. The minimum absolute atomic E-state index is 1.00. The van der Waals surface area contributed by atoms with Crippen molar-refractivity contribution in [1.82, 2.24) is 0 Å². The third-order valence-electron chi connectivity index (χ3n) is 2.61. The Hall–Kier alpha value is -1.44. The predicted molar refractivity (Wildman–Crippen MR) is 53.0 cm³/mol. The minimum Gasteiger partial charge on any atom is -0.464 e. The molecule has 0 saturated carbocycles. The van der Waals surface area contributed by atoms with Crippen LogP contribution in [0.3, 0.4) is 0 Å². The van der Waals surface area contributed by atoms with Gasteiger partial charge in [-0.1, -0.05) is 6.07 Å². The highest BCUT2D eigenvalue weighted by molar-refractivity contribution is 5.93. The predicted octanol–water partition coefficient (Wildman–Crippen LogP) is 2.79. The van der Waals surface area contributed by atoms with Gasteiger partial charge in [0.05, 0.1) is 6.26 Å². The van der Waals surface area contributed by atoms with E-state index in [2.05, 4.69) is 11.4 Å². The molecular weight excluding hydrogens is 162 g/mol. The molecule has 0 unspecified atom stereocenters. The minimum atomic E-state index is 1.00. The first-order chi connectivity index (χ1) is 6.45. The fourth-order valence-electron chi connectivity index (χ4n) is 1.99. The highest BCUT2D eigenvalue weighted by atomic mass is 16.3. The lowest BCUT2D eigenvalue weighted by Crippen LogP contribution is -1.98. The Labute approximate surface area is 76.5 Å². The van der Waals surface area contributed by atoms with Gasteiger partial charge in [0, 0.05) is 23.2 Å². The second-order valence-corrected chi connectivity index (χ2v) is 3.47. The van der Waals surface area contributed by atoms with Gasteiger partial charge in [-0.2, -0.15) is 0 Å². The summed E-state index contributed by atoms with van der Waals surface area (Å²) < 4.78 is 5.48. The lowest BCUT2D eigenvalue weighted by molar-refractivity contribution is 0.609. The second-order valence-electron chi connectivity index (χ2n) is 3.47. The van der Waals surface area contributed by atoms with Gasteiger partial charge in [0.15, 0.2) is 0 Å². The average molecular weight is 173 g/mol. The van der Waals surface area contributed by atoms with E-state index in [1.807, 2.05) is 18.4 Å². The van der Waals surface area contributed by atoms with Gasteiger partial charge in [-0.05, 0) is 25.0 Å². The number of nitrogens with one attached hydrogen (secondary N) is 1. The molecule has 2 heterocycles. The molecule has 0 bridgehead atoms. The number of hydrogen-bond donors (Lipinski definition) is 1. The highest BCUT2D eigenvalue weighted by Gasteiger charge is 2.12. The van der Waals surface area contributed by atoms with Crippen molar-refractivity contribution in [3.05, 3.63) is 30.0 Å². The summed E-state index contributed by atoms with van der Waals surface area (Å²) in [6.07, 6.45) is 4.20. The number of furan rings is 1. The van der Waals surface area contributed by atoms with Crippen LogP contribution in [0.1, 0.15) is 12.0 Å². The number of hydrogen-bond acceptors (Lipinski definition) is 2. The second kappa shape index (κ2) is 2.52. The molecule has 3 rings (SSSR count). The van der Waals surface area contributed by atoms with Crippen molar-refractivity contribution < 1.29 is 4.42 Å². The van der Waals surface area contributed by atoms with Crippen LogP contribution < -0.4 is 5.32 Å². The molecule has 1 aromatic carbocycles. The van der Waals surface area contributed by atoms with Crippen molar-refractivity contribution in [3.63, 3.8) is 0 Å². The molecule has 0 amide bonds. The number of aryl methyl sites for hydroxylation is 1. The molecule has 2 aromatic rings. The van der Waals surface area contributed by atoms with E-state index in [1.165, 1.54) is 23.1 Å². The van der Waals surface area contributed by atoms with E-state index in [0.29, 0.717) is 0 Å². The van der Waals surface area contributed by atoms with Gasteiger partial charge >= 0.3 is 0 Å². The lowest BCUT2D eigenvalue weighted by Gasteiger charge is -2.02. The van der Waals surface area contributed by atoms with Crippen molar-refractivity contribution in [2.24, 2.45) is 0 Å².